The first kappa shape index (κ1) is 17.9. The Morgan fingerprint density at radius 1 is 1.11 bits per heavy atom. The van der Waals surface area contributed by atoms with Crippen LogP contribution in [0.15, 0.2) is 59.8 Å². The molecule has 0 bridgehead atoms. The molecular weight excluding hydrogens is 354 g/mol. The number of carbonyl (C=O) groups excluding carboxylic acids is 2. The Bertz CT molecular complexity index is 1060. The quantitative estimate of drug-likeness (QED) is 0.744. The maximum absolute atomic E-state index is 12.4. The maximum atomic E-state index is 12.4. The summed E-state index contributed by atoms with van der Waals surface area (Å²) in [5.41, 5.74) is 4.00. The lowest BCUT2D eigenvalue weighted by atomic mass is 10.0. The molecule has 142 valence electrons. The van der Waals surface area contributed by atoms with E-state index in [0.29, 0.717) is 31.6 Å². The summed E-state index contributed by atoms with van der Waals surface area (Å²) >= 11 is 0. The van der Waals surface area contributed by atoms with Crippen LogP contribution >= 0.6 is 0 Å². The van der Waals surface area contributed by atoms with E-state index in [4.69, 9.17) is 0 Å². The molecule has 7 nitrogen and oxygen atoms in total. The Kier molecular flexibility index (Phi) is 4.89. The van der Waals surface area contributed by atoms with Crippen molar-refractivity contribution in [3.8, 4) is 0 Å². The molecular formula is C21H21N5O2. The molecule has 0 saturated carbocycles. The highest BCUT2D eigenvalue weighted by molar-refractivity contribution is 6.04. The van der Waals surface area contributed by atoms with Gasteiger partial charge in [0.15, 0.2) is 0 Å². The molecule has 0 aliphatic carbocycles. The van der Waals surface area contributed by atoms with Crippen LogP contribution in [-0.4, -0.2) is 45.0 Å². The number of hydrazone groups is 1. The molecule has 3 heterocycles. The molecule has 28 heavy (non-hydrogen) atoms. The van der Waals surface area contributed by atoms with Crippen LogP contribution in [0.4, 0.5) is 0 Å². The lowest BCUT2D eigenvalue weighted by Gasteiger charge is -2.23. The topological polar surface area (TPSA) is 79.1 Å². The third-order valence-electron chi connectivity index (χ3n) is 4.75. The predicted molar refractivity (Wildman–Crippen MR) is 106 cm³/mol. The van der Waals surface area contributed by atoms with Gasteiger partial charge in [-0.2, -0.15) is 5.10 Å². The molecule has 0 spiro atoms. The van der Waals surface area contributed by atoms with Crippen LogP contribution in [0.25, 0.3) is 5.65 Å². The van der Waals surface area contributed by atoms with Gasteiger partial charge < -0.3 is 9.72 Å². The number of nitrogens with zero attached hydrogens (tertiary/aromatic N) is 4. The monoisotopic (exact) mass is 375 g/mol. The number of hydrogen-bond acceptors (Lipinski definition) is 4. The fourth-order valence-corrected chi connectivity index (χ4v) is 3.24. The smallest absolute Gasteiger partial charge is 0.271 e. The molecule has 3 aromatic rings. The summed E-state index contributed by atoms with van der Waals surface area (Å²) in [6.45, 7) is 2.59. The Hall–Kier alpha value is -3.48. The van der Waals surface area contributed by atoms with E-state index in [-0.39, 0.29) is 11.8 Å². The van der Waals surface area contributed by atoms with Crippen molar-refractivity contribution in [3.63, 3.8) is 0 Å². The highest BCUT2D eigenvalue weighted by Crippen LogP contribution is 2.15. The largest absolute Gasteiger partial charge is 0.349 e. The van der Waals surface area contributed by atoms with Crippen molar-refractivity contribution >= 4 is 23.2 Å². The second-order valence-electron chi connectivity index (χ2n) is 6.71. The van der Waals surface area contributed by atoms with Crippen LogP contribution in [0.3, 0.4) is 0 Å². The van der Waals surface area contributed by atoms with E-state index in [1.165, 1.54) is 5.01 Å². The number of carbonyl (C=O) groups is 2. The first-order valence-electron chi connectivity index (χ1n) is 9.28. The summed E-state index contributed by atoms with van der Waals surface area (Å²) in [6.07, 6.45) is 2.78. The molecule has 1 N–H and O–H groups in total. The van der Waals surface area contributed by atoms with Crippen molar-refractivity contribution in [2.45, 2.75) is 19.8 Å². The predicted octanol–water partition coefficient (Wildman–Crippen LogP) is 2.40. The number of nitrogens with one attached hydrogen (secondary N) is 1. The Morgan fingerprint density at radius 2 is 1.93 bits per heavy atom. The van der Waals surface area contributed by atoms with Gasteiger partial charge in [-0.05, 0) is 24.6 Å². The number of rotatable bonds is 5. The number of aryl methyl sites for hydroxylation is 1. The molecule has 1 aromatic carbocycles. The average Bonchev–Trinajstić information content (AvgIpc) is 3.16. The van der Waals surface area contributed by atoms with Crippen molar-refractivity contribution in [3.05, 3.63) is 71.7 Å². The van der Waals surface area contributed by atoms with E-state index in [1.807, 2.05) is 59.9 Å². The summed E-state index contributed by atoms with van der Waals surface area (Å²) in [5, 5.41) is 8.75. The van der Waals surface area contributed by atoms with E-state index in [2.05, 4.69) is 15.4 Å². The normalized spacial score (nSPS) is 14.2. The minimum atomic E-state index is -0.264. The first-order chi connectivity index (χ1) is 13.6. The molecule has 0 radical (unpaired) electrons. The summed E-state index contributed by atoms with van der Waals surface area (Å²) in [6, 6.07) is 15.6. The van der Waals surface area contributed by atoms with Gasteiger partial charge in [-0.3, -0.25) is 9.59 Å². The van der Waals surface area contributed by atoms with Gasteiger partial charge in [0.05, 0.1) is 12.3 Å². The second-order valence-corrected chi connectivity index (χ2v) is 6.71. The zero-order valence-corrected chi connectivity index (χ0v) is 15.6. The molecule has 4 rings (SSSR count). The molecule has 7 heteroatoms. The molecule has 0 atom stereocenters. The van der Waals surface area contributed by atoms with Crippen LogP contribution in [0, 0.1) is 6.92 Å². The van der Waals surface area contributed by atoms with Gasteiger partial charge in [-0.15, -0.1) is 0 Å². The van der Waals surface area contributed by atoms with Gasteiger partial charge in [-0.1, -0.05) is 36.4 Å². The number of pyridine rings is 1. The first-order valence-corrected chi connectivity index (χ1v) is 9.28. The van der Waals surface area contributed by atoms with E-state index in [1.54, 1.807) is 6.20 Å². The summed E-state index contributed by atoms with van der Waals surface area (Å²) < 4.78 is 1.87. The maximum Gasteiger partial charge on any atom is 0.271 e. The number of amides is 2. The SMILES string of the molecule is Cc1cccc2nc(C(=O)NCCN3N=C(c4ccccc4)CCC3=O)cn12. The second kappa shape index (κ2) is 7.64. The van der Waals surface area contributed by atoms with Crippen LogP contribution in [0.5, 0.6) is 0 Å². The number of imidazole rings is 1. The van der Waals surface area contributed by atoms with Gasteiger partial charge in [0.1, 0.15) is 11.3 Å². The van der Waals surface area contributed by atoms with Crippen LogP contribution in [-0.2, 0) is 4.79 Å². The molecule has 2 amide bonds. The van der Waals surface area contributed by atoms with Crippen molar-refractivity contribution in [1.82, 2.24) is 19.7 Å². The van der Waals surface area contributed by atoms with Gasteiger partial charge in [0, 0.05) is 31.3 Å². The Morgan fingerprint density at radius 3 is 2.71 bits per heavy atom. The van der Waals surface area contributed by atoms with Gasteiger partial charge in [0.2, 0.25) is 5.91 Å². The number of fused-ring (bicyclic) bond motifs is 1. The van der Waals surface area contributed by atoms with Crippen molar-refractivity contribution in [1.29, 1.82) is 0 Å². The molecule has 0 unspecified atom stereocenters. The summed E-state index contributed by atoms with van der Waals surface area (Å²) in [4.78, 5) is 28.9. The van der Waals surface area contributed by atoms with Crippen LogP contribution in [0.1, 0.15) is 34.6 Å². The number of aromatic nitrogens is 2. The van der Waals surface area contributed by atoms with Crippen LogP contribution < -0.4 is 5.32 Å². The van der Waals surface area contributed by atoms with Gasteiger partial charge in [0.25, 0.3) is 5.91 Å². The highest BCUT2D eigenvalue weighted by atomic mass is 16.2. The molecule has 2 aromatic heterocycles. The Balaban J connectivity index is 1.40. The number of benzene rings is 1. The molecule has 0 fully saturated rings. The summed E-state index contributed by atoms with van der Waals surface area (Å²) in [5.74, 6) is -0.294. The Labute approximate surface area is 162 Å². The molecule has 0 saturated heterocycles. The standard InChI is InChI=1S/C21H21N5O2/c1-15-6-5-9-19-23-18(14-25(15)19)21(28)22-12-13-26-20(27)11-10-17(24-26)16-7-3-2-4-8-16/h2-9,14H,10-13H2,1H3,(H,22,28). The van der Waals surface area contributed by atoms with Crippen LogP contribution in [0.2, 0.25) is 0 Å². The third-order valence-corrected chi connectivity index (χ3v) is 4.75. The van der Waals surface area contributed by atoms with Gasteiger partial charge in [-0.25, -0.2) is 9.99 Å². The van der Waals surface area contributed by atoms with Crippen molar-refractivity contribution < 1.29 is 9.59 Å². The minimum absolute atomic E-state index is 0.0303. The lowest BCUT2D eigenvalue weighted by Crippen LogP contribution is -2.38. The van der Waals surface area contributed by atoms with Crippen molar-refractivity contribution in [2.24, 2.45) is 5.10 Å². The molecule has 1 aliphatic rings. The highest BCUT2D eigenvalue weighted by Gasteiger charge is 2.21. The van der Waals surface area contributed by atoms with E-state index in [9.17, 15) is 9.59 Å². The fourth-order valence-electron chi connectivity index (χ4n) is 3.24. The van der Waals surface area contributed by atoms with E-state index >= 15 is 0 Å². The average molecular weight is 375 g/mol. The summed E-state index contributed by atoms with van der Waals surface area (Å²) in [7, 11) is 0. The van der Waals surface area contributed by atoms with E-state index < -0.39 is 0 Å². The van der Waals surface area contributed by atoms with Crippen molar-refractivity contribution in [2.75, 3.05) is 13.1 Å². The number of hydrogen-bond donors (Lipinski definition) is 1. The molecule has 1 aliphatic heterocycles. The zero-order chi connectivity index (χ0) is 19.5. The zero-order valence-electron chi connectivity index (χ0n) is 15.6. The third kappa shape index (κ3) is 3.64. The minimum Gasteiger partial charge on any atom is -0.349 e. The fraction of sp³-hybridized carbons (Fsp3) is 0.238. The van der Waals surface area contributed by atoms with E-state index in [0.717, 1.165) is 22.6 Å². The lowest BCUT2D eigenvalue weighted by molar-refractivity contribution is -0.131. The van der Waals surface area contributed by atoms with Gasteiger partial charge >= 0.3 is 0 Å².